The highest BCUT2D eigenvalue weighted by atomic mass is 35.5. The summed E-state index contributed by atoms with van der Waals surface area (Å²) in [6.07, 6.45) is 2.55. The number of hydrogen-bond donors (Lipinski definition) is 0. The van der Waals surface area contributed by atoms with E-state index in [0.717, 1.165) is 16.6 Å². The Bertz CT molecular complexity index is 706. The Morgan fingerprint density at radius 1 is 1.32 bits per heavy atom. The van der Waals surface area contributed by atoms with E-state index in [1.165, 1.54) is 37.5 Å². The summed E-state index contributed by atoms with van der Waals surface area (Å²) in [6.45, 7) is 0. The molecular formula is C12H10ClFN2O2S. The third-order valence-corrected chi connectivity index (χ3v) is 4.80. The topological polar surface area (TPSA) is 50.3 Å². The van der Waals surface area contributed by atoms with Gasteiger partial charge in [-0.25, -0.2) is 12.8 Å². The molecule has 0 saturated carbocycles. The minimum absolute atomic E-state index is 0.0678. The molecule has 0 N–H and O–H groups in total. The van der Waals surface area contributed by atoms with E-state index < -0.39 is 15.8 Å². The van der Waals surface area contributed by atoms with Crippen LogP contribution in [0.2, 0.25) is 5.02 Å². The molecule has 2 rings (SSSR count). The third kappa shape index (κ3) is 2.69. The maximum atomic E-state index is 13.1. The van der Waals surface area contributed by atoms with Gasteiger partial charge in [0.05, 0.1) is 10.7 Å². The van der Waals surface area contributed by atoms with E-state index in [1.807, 2.05) is 0 Å². The Kier molecular flexibility index (Phi) is 3.73. The van der Waals surface area contributed by atoms with Gasteiger partial charge >= 0.3 is 0 Å². The van der Waals surface area contributed by atoms with Gasteiger partial charge in [-0.2, -0.15) is 0 Å². The van der Waals surface area contributed by atoms with Crippen molar-refractivity contribution < 1.29 is 12.8 Å². The van der Waals surface area contributed by atoms with E-state index in [-0.39, 0.29) is 15.6 Å². The minimum Gasteiger partial charge on any atom is -0.269 e. The van der Waals surface area contributed by atoms with Crippen LogP contribution in [0.3, 0.4) is 0 Å². The normalized spacial score (nSPS) is 11.3. The Morgan fingerprint density at radius 2 is 2.05 bits per heavy atom. The molecule has 0 saturated heterocycles. The van der Waals surface area contributed by atoms with Crippen LogP contribution in [0.4, 0.5) is 10.1 Å². The maximum absolute atomic E-state index is 13.1. The molecule has 0 unspecified atom stereocenters. The number of anilines is 1. The summed E-state index contributed by atoms with van der Waals surface area (Å²) in [4.78, 5) is 3.62. The second-order valence-corrected chi connectivity index (χ2v) is 6.10. The van der Waals surface area contributed by atoms with Crippen LogP contribution in [0.1, 0.15) is 0 Å². The lowest BCUT2D eigenvalue weighted by molar-refractivity contribution is 0.593. The number of benzene rings is 1. The van der Waals surface area contributed by atoms with Crippen LogP contribution in [-0.4, -0.2) is 20.4 Å². The van der Waals surface area contributed by atoms with Crippen LogP contribution in [0.15, 0.2) is 47.6 Å². The van der Waals surface area contributed by atoms with E-state index in [9.17, 15) is 12.8 Å². The minimum atomic E-state index is -3.87. The average Bonchev–Trinajstić information content (AvgIpc) is 2.38. The molecule has 0 radical (unpaired) electrons. The molecule has 0 fully saturated rings. The molecule has 0 amide bonds. The van der Waals surface area contributed by atoms with Crippen LogP contribution in [0.5, 0.6) is 0 Å². The lowest BCUT2D eigenvalue weighted by Crippen LogP contribution is -2.27. The van der Waals surface area contributed by atoms with Crippen LogP contribution >= 0.6 is 11.6 Å². The SMILES string of the molecule is CN(c1cccc(F)c1)S(=O)(=O)c1cnccc1Cl. The number of pyridine rings is 1. The fourth-order valence-electron chi connectivity index (χ4n) is 1.51. The summed E-state index contributed by atoms with van der Waals surface area (Å²) in [5.74, 6) is -0.517. The molecule has 1 aromatic carbocycles. The van der Waals surface area contributed by atoms with Gasteiger partial charge in [0.15, 0.2) is 0 Å². The van der Waals surface area contributed by atoms with Gasteiger partial charge in [0.2, 0.25) is 0 Å². The molecule has 1 heterocycles. The summed E-state index contributed by atoms with van der Waals surface area (Å²) >= 11 is 5.85. The number of sulfonamides is 1. The Labute approximate surface area is 115 Å². The first kappa shape index (κ1) is 13.8. The predicted octanol–water partition coefficient (Wildman–Crippen LogP) is 2.70. The van der Waals surface area contributed by atoms with Gasteiger partial charge in [-0.3, -0.25) is 9.29 Å². The molecule has 0 bridgehead atoms. The van der Waals surface area contributed by atoms with Gasteiger partial charge in [0.25, 0.3) is 10.0 Å². The Morgan fingerprint density at radius 3 is 2.68 bits per heavy atom. The maximum Gasteiger partial charge on any atom is 0.267 e. The van der Waals surface area contributed by atoms with Crippen molar-refractivity contribution in [3.05, 3.63) is 53.6 Å². The standard InChI is InChI=1S/C12H10ClFN2O2S/c1-16(10-4-2-3-9(14)7-10)19(17,18)12-8-15-6-5-11(12)13/h2-8H,1H3. The zero-order valence-electron chi connectivity index (χ0n) is 9.92. The van der Waals surface area contributed by atoms with Crippen molar-refractivity contribution in [2.24, 2.45) is 0 Å². The smallest absolute Gasteiger partial charge is 0.267 e. The van der Waals surface area contributed by atoms with E-state index in [2.05, 4.69) is 4.98 Å². The van der Waals surface area contributed by atoms with Crippen LogP contribution in [0, 0.1) is 5.82 Å². The van der Waals surface area contributed by atoms with E-state index in [0.29, 0.717) is 0 Å². The van der Waals surface area contributed by atoms with Gasteiger partial charge < -0.3 is 0 Å². The predicted molar refractivity (Wildman–Crippen MR) is 71.2 cm³/mol. The zero-order chi connectivity index (χ0) is 14.0. The molecule has 7 heteroatoms. The molecule has 2 aromatic rings. The van der Waals surface area contributed by atoms with Crippen molar-refractivity contribution in [3.8, 4) is 0 Å². The lowest BCUT2D eigenvalue weighted by atomic mass is 10.3. The molecule has 4 nitrogen and oxygen atoms in total. The van der Waals surface area contributed by atoms with Crippen molar-refractivity contribution in [1.29, 1.82) is 0 Å². The molecule has 0 atom stereocenters. The molecule has 100 valence electrons. The van der Waals surface area contributed by atoms with Gasteiger partial charge in [-0.1, -0.05) is 17.7 Å². The van der Waals surface area contributed by atoms with Crippen molar-refractivity contribution in [1.82, 2.24) is 4.98 Å². The largest absolute Gasteiger partial charge is 0.269 e. The monoisotopic (exact) mass is 300 g/mol. The Hall–Kier alpha value is -1.66. The fraction of sp³-hybridized carbons (Fsp3) is 0.0833. The number of nitrogens with zero attached hydrogens (tertiary/aromatic N) is 2. The molecule has 0 aliphatic heterocycles. The summed E-state index contributed by atoms with van der Waals surface area (Å²) in [5, 5.41) is 0.0678. The lowest BCUT2D eigenvalue weighted by Gasteiger charge is -2.19. The fourth-order valence-corrected chi connectivity index (χ4v) is 3.10. The first-order valence-corrected chi connectivity index (χ1v) is 7.09. The van der Waals surface area contributed by atoms with Gasteiger partial charge in [-0.05, 0) is 24.3 Å². The van der Waals surface area contributed by atoms with Crippen molar-refractivity contribution in [2.75, 3.05) is 11.4 Å². The molecule has 1 aromatic heterocycles. The van der Waals surface area contributed by atoms with Crippen molar-refractivity contribution >= 4 is 27.3 Å². The number of rotatable bonds is 3. The summed E-state index contributed by atoms with van der Waals surface area (Å²) in [6, 6.07) is 6.67. The zero-order valence-corrected chi connectivity index (χ0v) is 11.5. The van der Waals surface area contributed by atoms with E-state index in [4.69, 9.17) is 11.6 Å². The molecule has 0 aliphatic rings. The van der Waals surface area contributed by atoms with Crippen LogP contribution < -0.4 is 4.31 Å². The number of halogens is 2. The van der Waals surface area contributed by atoms with Gasteiger partial charge in [0, 0.05) is 19.4 Å². The highest BCUT2D eigenvalue weighted by molar-refractivity contribution is 7.93. The highest BCUT2D eigenvalue weighted by Crippen LogP contribution is 2.26. The molecular weight excluding hydrogens is 291 g/mol. The summed E-state index contributed by atoms with van der Waals surface area (Å²) < 4.78 is 38.8. The summed E-state index contributed by atoms with van der Waals surface area (Å²) in [5.41, 5.74) is 0.208. The van der Waals surface area contributed by atoms with Crippen molar-refractivity contribution in [2.45, 2.75) is 4.90 Å². The number of aromatic nitrogens is 1. The molecule has 19 heavy (non-hydrogen) atoms. The second-order valence-electron chi connectivity index (χ2n) is 3.76. The summed E-state index contributed by atoms with van der Waals surface area (Å²) in [7, 11) is -2.54. The highest BCUT2D eigenvalue weighted by Gasteiger charge is 2.24. The third-order valence-electron chi connectivity index (χ3n) is 2.54. The van der Waals surface area contributed by atoms with E-state index >= 15 is 0 Å². The average molecular weight is 301 g/mol. The first-order chi connectivity index (χ1) is 8.93. The number of hydrogen-bond acceptors (Lipinski definition) is 3. The van der Waals surface area contributed by atoms with Gasteiger partial charge in [0.1, 0.15) is 10.7 Å². The second kappa shape index (κ2) is 5.14. The molecule has 0 aliphatic carbocycles. The first-order valence-electron chi connectivity index (χ1n) is 5.27. The quantitative estimate of drug-likeness (QED) is 0.875. The molecule has 0 spiro atoms. The Balaban J connectivity index is 2.49. The van der Waals surface area contributed by atoms with Crippen molar-refractivity contribution in [3.63, 3.8) is 0 Å². The van der Waals surface area contributed by atoms with Crippen LogP contribution in [0.25, 0.3) is 0 Å². The van der Waals surface area contributed by atoms with E-state index in [1.54, 1.807) is 0 Å². The van der Waals surface area contributed by atoms with Crippen LogP contribution in [-0.2, 0) is 10.0 Å². The van der Waals surface area contributed by atoms with Gasteiger partial charge in [-0.15, -0.1) is 0 Å².